The van der Waals surface area contributed by atoms with E-state index < -0.39 is 5.60 Å². The van der Waals surface area contributed by atoms with Crippen molar-refractivity contribution >= 4 is 0 Å². The summed E-state index contributed by atoms with van der Waals surface area (Å²) in [6.45, 7) is 0.795. The molecule has 122 valence electrons. The van der Waals surface area contributed by atoms with Crippen LogP contribution in [0.1, 0.15) is 43.7 Å². The summed E-state index contributed by atoms with van der Waals surface area (Å²) >= 11 is 0. The van der Waals surface area contributed by atoms with Crippen LogP contribution >= 0.6 is 0 Å². The third-order valence-electron chi connectivity index (χ3n) is 5.25. The van der Waals surface area contributed by atoms with Crippen LogP contribution in [0, 0.1) is 5.92 Å². The Balaban J connectivity index is 1.98. The lowest BCUT2D eigenvalue weighted by Gasteiger charge is -2.48. The van der Waals surface area contributed by atoms with Crippen LogP contribution < -0.4 is 14.8 Å². The number of aromatic hydroxyl groups is 1. The quantitative estimate of drug-likeness (QED) is 0.800. The van der Waals surface area contributed by atoms with Gasteiger partial charge in [0.05, 0.1) is 19.8 Å². The van der Waals surface area contributed by atoms with Crippen molar-refractivity contribution in [3.63, 3.8) is 0 Å². The van der Waals surface area contributed by atoms with Gasteiger partial charge in [-0.3, -0.25) is 0 Å². The molecule has 0 aromatic heterocycles. The molecule has 1 heterocycles. The first-order valence-corrected chi connectivity index (χ1v) is 7.99. The van der Waals surface area contributed by atoms with Crippen LogP contribution in [0.4, 0.5) is 0 Å². The lowest BCUT2D eigenvalue weighted by atomic mass is 9.67. The van der Waals surface area contributed by atoms with Crippen LogP contribution in [0.15, 0.2) is 12.1 Å². The highest BCUT2D eigenvalue weighted by atomic mass is 16.5. The Labute approximate surface area is 131 Å². The van der Waals surface area contributed by atoms with Crippen LogP contribution in [0.5, 0.6) is 17.2 Å². The molecule has 3 rings (SSSR count). The molecule has 0 unspecified atom stereocenters. The minimum atomic E-state index is -0.577. The molecule has 0 amide bonds. The summed E-state index contributed by atoms with van der Waals surface area (Å²) in [4.78, 5) is 0. The molecule has 0 spiro atoms. The number of methoxy groups -OCH3 is 2. The third kappa shape index (κ3) is 2.52. The van der Waals surface area contributed by atoms with Crippen LogP contribution in [-0.2, 0) is 0 Å². The van der Waals surface area contributed by atoms with Crippen molar-refractivity contribution in [3.05, 3.63) is 17.7 Å². The van der Waals surface area contributed by atoms with Gasteiger partial charge in [0.25, 0.3) is 0 Å². The van der Waals surface area contributed by atoms with Gasteiger partial charge in [0.2, 0.25) is 5.75 Å². The Morgan fingerprint density at radius 1 is 1.14 bits per heavy atom. The van der Waals surface area contributed by atoms with E-state index in [2.05, 4.69) is 5.32 Å². The van der Waals surface area contributed by atoms with Crippen LogP contribution in [0.25, 0.3) is 0 Å². The molecule has 1 aliphatic heterocycles. The largest absolute Gasteiger partial charge is 0.502 e. The molecule has 1 aromatic carbocycles. The zero-order valence-corrected chi connectivity index (χ0v) is 13.3. The molecule has 5 nitrogen and oxygen atoms in total. The maximum atomic E-state index is 11.0. The van der Waals surface area contributed by atoms with E-state index in [1.54, 1.807) is 0 Å². The molecular weight excluding hydrogens is 282 g/mol. The highest BCUT2D eigenvalue weighted by Crippen LogP contribution is 2.48. The number of nitrogens with one attached hydrogen (secondary N) is 1. The number of rotatable bonds is 3. The van der Waals surface area contributed by atoms with Gasteiger partial charge in [-0.05, 0) is 43.5 Å². The summed E-state index contributed by atoms with van der Waals surface area (Å²) in [5.41, 5.74) is 0.420. The standard InChI is InChI=1S/C17H25NO4/c1-21-13-9-11(10-14(22-2)16(13)19)15-12-5-3-4-6-17(12,20)7-8-18-15/h9-10,12,15,18-20H,3-8H2,1-2H3/t12-,15-,17-/m0/s1. The third-order valence-corrected chi connectivity index (χ3v) is 5.25. The minimum absolute atomic E-state index is 0.0171. The smallest absolute Gasteiger partial charge is 0.200 e. The maximum absolute atomic E-state index is 11.0. The molecule has 3 N–H and O–H groups in total. The predicted octanol–water partition coefficient (Wildman–Crippen LogP) is 2.37. The van der Waals surface area contributed by atoms with E-state index in [1.165, 1.54) is 14.2 Å². The molecule has 5 heteroatoms. The fourth-order valence-corrected chi connectivity index (χ4v) is 4.07. The van der Waals surface area contributed by atoms with E-state index in [0.717, 1.165) is 44.2 Å². The summed E-state index contributed by atoms with van der Waals surface area (Å²) in [5, 5.41) is 24.6. The van der Waals surface area contributed by atoms with E-state index >= 15 is 0 Å². The van der Waals surface area contributed by atoms with Crippen molar-refractivity contribution in [2.24, 2.45) is 5.92 Å². The van der Waals surface area contributed by atoms with E-state index in [1.807, 2.05) is 12.1 Å². The van der Waals surface area contributed by atoms with E-state index in [-0.39, 0.29) is 17.7 Å². The van der Waals surface area contributed by atoms with E-state index in [0.29, 0.717) is 11.5 Å². The summed E-state index contributed by atoms with van der Waals surface area (Å²) in [7, 11) is 3.06. The predicted molar refractivity (Wildman–Crippen MR) is 83.5 cm³/mol. The Bertz CT molecular complexity index is 518. The van der Waals surface area contributed by atoms with Gasteiger partial charge in [0, 0.05) is 12.0 Å². The van der Waals surface area contributed by atoms with Crippen molar-refractivity contribution in [1.29, 1.82) is 0 Å². The lowest BCUT2D eigenvalue weighted by molar-refractivity contribution is -0.0861. The summed E-state index contributed by atoms with van der Waals surface area (Å²) in [6, 6.07) is 3.74. The van der Waals surface area contributed by atoms with Gasteiger partial charge in [-0.25, -0.2) is 0 Å². The molecule has 2 aliphatic rings. The van der Waals surface area contributed by atoms with Crippen LogP contribution in [0.2, 0.25) is 0 Å². The Hall–Kier alpha value is -1.46. The van der Waals surface area contributed by atoms with Crippen molar-refractivity contribution in [2.45, 2.75) is 43.7 Å². The van der Waals surface area contributed by atoms with Gasteiger partial charge in [0.15, 0.2) is 11.5 Å². The number of benzene rings is 1. The first-order valence-electron chi connectivity index (χ1n) is 7.99. The molecule has 1 saturated heterocycles. The van der Waals surface area contributed by atoms with Crippen molar-refractivity contribution in [3.8, 4) is 17.2 Å². The van der Waals surface area contributed by atoms with Crippen molar-refractivity contribution in [1.82, 2.24) is 5.32 Å². The number of ether oxygens (including phenoxy) is 2. The first-order chi connectivity index (χ1) is 10.6. The fraction of sp³-hybridized carbons (Fsp3) is 0.647. The SMILES string of the molecule is COc1cc([C@@H]2NCC[C@@]3(O)CCCC[C@@H]23)cc(OC)c1O. The maximum Gasteiger partial charge on any atom is 0.200 e. The number of phenolic OH excluding ortho intramolecular Hbond substituents is 1. The Kier molecular flexibility index (Phi) is 4.19. The van der Waals surface area contributed by atoms with Crippen molar-refractivity contribution < 1.29 is 19.7 Å². The number of fused-ring (bicyclic) bond motifs is 1. The zero-order chi connectivity index (χ0) is 15.7. The number of aliphatic hydroxyl groups is 1. The van der Waals surface area contributed by atoms with Crippen molar-refractivity contribution in [2.75, 3.05) is 20.8 Å². The number of piperidine rings is 1. The van der Waals surface area contributed by atoms with Gasteiger partial charge in [-0.1, -0.05) is 12.8 Å². The summed E-state index contributed by atoms with van der Waals surface area (Å²) < 4.78 is 10.5. The lowest BCUT2D eigenvalue weighted by Crippen LogP contribution is -2.53. The van der Waals surface area contributed by atoms with Gasteiger partial charge in [0.1, 0.15) is 0 Å². The summed E-state index contributed by atoms with van der Waals surface area (Å²) in [5.74, 6) is 1.01. The Morgan fingerprint density at radius 3 is 2.45 bits per heavy atom. The number of phenols is 1. The molecule has 0 bridgehead atoms. The second-order valence-corrected chi connectivity index (χ2v) is 6.41. The highest BCUT2D eigenvalue weighted by Gasteiger charge is 2.46. The van der Waals surface area contributed by atoms with E-state index in [4.69, 9.17) is 9.47 Å². The molecule has 1 aromatic rings. The number of hydrogen-bond acceptors (Lipinski definition) is 5. The number of hydrogen-bond donors (Lipinski definition) is 3. The highest BCUT2D eigenvalue weighted by molar-refractivity contribution is 5.53. The molecule has 1 aliphatic carbocycles. The zero-order valence-electron chi connectivity index (χ0n) is 13.3. The van der Waals surface area contributed by atoms with Crippen LogP contribution in [0.3, 0.4) is 0 Å². The minimum Gasteiger partial charge on any atom is -0.502 e. The van der Waals surface area contributed by atoms with E-state index in [9.17, 15) is 10.2 Å². The fourth-order valence-electron chi connectivity index (χ4n) is 4.07. The Morgan fingerprint density at radius 2 is 1.82 bits per heavy atom. The molecule has 2 fully saturated rings. The van der Waals surface area contributed by atoms with Gasteiger partial charge >= 0.3 is 0 Å². The average Bonchev–Trinajstić information content (AvgIpc) is 2.54. The molecule has 22 heavy (non-hydrogen) atoms. The van der Waals surface area contributed by atoms with Crippen LogP contribution in [-0.4, -0.2) is 36.6 Å². The normalized spacial score (nSPS) is 31.4. The van der Waals surface area contributed by atoms with Gasteiger partial charge in [-0.2, -0.15) is 0 Å². The molecular formula is C17H25NO4. The monoisotopic (exact) mass is 307 g/mol. The first kappa shape index (κ1) is 15.4. The molecule has 3 atom stereocenters. The van der Waals surface area contributed by atoms with Gasteiger partial charge < -0.3 is 25.0 Å². The topological polar surface area (TPSA) is 71.0 Å². The second kappa shape index (κ2) is 5.97. The molecule has 1 saturated carbocycles. The summed E-state index contributed by atoms with van der Waals surface area (Å²) in [6.07, 6.45) is 4.95. The second-order valence-electron chi connectivity index (χ2n) is 6.41. The average molecular weight is 307 g/mol. The van der Waals surface area contributed by atoms with Gasteiger partial charge in [-0.15, -0.1) is 0 Å². The molecule has 0 radical (unpaired) electrons.